The van der Waals surface area contributed by atoms with Crippen LogP contribution in [0.2, 0.25) is 0 Å². The first kappa shape index (κ1) is 11.7. The van der Waals surface area contributed by atoms with Gasteiger partial charge >= 0.3 is 0 Å². The van der Waals surface area contributed by atoms with Gasteiger partial charge in [0.25, 0.3) is 0 Å². The Morgan fingerprint density at radius 2 is 2.17 bits per heavy atom. The molecule has 0 amide bonds. The van der Waals surface area contributed by atoms with Gasteiger partial charge in [-0.15, -0.1) is 0 Å². The van der Waals surface area contributed by atoms with Crippen molar-refractivity contribution in [1.29, 1.82) is 0 Å². The van der Waals surface area contributed by atoms with Crippen molar-refractivity contribution in [1.82, 2.24) is 5.32 Å². The Morgan fingerprint density at radius 3 is 2.67 bits per heavy atom. The van der Waals surface area contributed by atoms with Crippen LogP contribution in [0, 0.1) is 0 Å². The molecule has 0 aromatic rings. The number of rotatable bonds is 6. The van der Waals surface area contributed by atoms with E-state index in [1.165, 1.54) is 5.57 Å². The van der Waals surface area contributed by atoms with E-state index in [1.54, 1.807) is 0 Å². The molecule has 0 saturated carbocycles. The van der Waals surface area contributed by atoms with E-state index in [0.29, 0.717) is 6.10 Å². The fourth-order valence-corrected chi connectivity index (χ4v) is 0.906. The topological polar surface area (TPSA) is 21.3 Å². The van der Waals surface area contributed by atoms with Crippen molar-refractivity contribution in [2.24, 2.45) is 0 Å². The van der Waals surface area contributed by atoms with Crippen molar-refractivity contribution in [2.45, 2.75) is 33.8 Å². The largest absolute Gasteiger partial charge is 0.377 e. The molecule has 0 aliphatic rings. The molecule has 1 unspecified atom stereocenters. The third-order valence-corrected chi connectivity index (χ3v) is 1.54. The molecule has 0 aromatic heterocycles. The molecule has 0 saturated heterocycles. The Morgan fingerprint density at radius 1 is 1.50 bits per heavy atom. The number of ether oxygens (including phenoxy) is 1. The molecule has 72 valence electrons. The number of allylic oxidation sites excluding steroid dienone is 1. The van der Waals surface area contributed by atoms with E-state index >= 15 is 0 Å². The standard InChI is InChI=1S/C10H21NO/c1-5-12-10(4)8-11-7-6-9(2)3/h6,10-11H,5,7-8H2,1-4H3. The number of nitrogens with one attached hydrogen (secondary N) is 1. The van der Waals surface area contributed by atoms with Crippen molar-refractivity contribution in [3.05, 3.63) is 11.6 Å². The minimum Gasteiger partial charge on any atom is -0.377 e. The molecule has 0 aromatic carbocycles. The zero-order valence-electron chi connectivity index (χ0n) is 8.68. The van der Waals surface area contributed by atoms with Crippen LogP contribution >= 0.6 is 0 Å². The predicted octanol–water partition coefficient (Wildman–Crippen LogP) is 1.97. The summed E-state index contributed by atoms with van der Waals surface area (Å²) in [4.78, 5) is 0. The molecule has 0 aliphatic carbocycles. The smallest absolute Gasteiger partial charge is 0.0671 e. The maximum Gasteiger partial charge on any atom is 0.0671 e. The second-order valence-electron chi connectivity index (χ2n) is 3.21. The van der Waals surface area contributed by atoms with Gasteiger partial charge in [0.2, 0.25) is 0 Å². The minimum absolute atomic E-state index is 0.320. The summed E-state index contributed by atoms with van der Waals surface area (Å²) in [5, 5.41) is 3.30. The zero-order valence-corrected chi connectivity index (χ0v) is 8.68. The van der Waals surface area contributed by atoms with Gasteiger partial charge in [-0.05, 0) is 27.7 Å². The molecular formula is C10H21NO. The lowest BCUT2D eigenvalue weighted by atomic mass is 10.3. The molecule has 0 aliphatic heterocycles. The second-order valence-corrected chi connectivity index (χ2v) is 3.21. The lowest BCUT2D eigenvalue weighted by Gasteiger charge is -2.11. The highest BCUT2D eigenvalue weighted by molar-refractivity contribution is 4.94. The van der Waals surface area contributed by atoms with Crippen LogP contribution in [-0.4, -0.2) is 25.8 Å². The lowest BCUT2D eigenvalue weighted by molar-refractivity contribution is 0.0769. The van der Waals surface area contributed by atoms with Gasteiger partial charge in [0.05, 0.1) is 6.10 Å². The summed E-state index contributed by atoms with van der Waals surface area (Å²) >= 11 is 0. The predicted molar refractivity (Wildman–Crippen MR) is 53.4 cm³/mol. The fraction of sp³-hybridized carbons (Fsp3) is 0.800. The Bertz CT molecular complexity index is 128. The van der Waals surface area contributed by atoms with E-state index in [1.807, 2.05) is 6.92 Å². The summed E-state index contributed by atoms with van der Waals surface area (Å²) in [6, 6.07) is 0. The maximum atomic E-state index is 5.37. The fourth-order valence-electron chi connectivity index (χ4n) is 0.906. The molecular weight excluding hydrogens is 150 g/mol. The normalized spacial score (nSPS) is 12.7. The van der Waals surface area contributed by atoms with Gasteiger partial charge in [-0.2, -0.15) is 0 Å². The van der Waals surface area contributed by atoms with E-state index < -0.39 is 0 Å². The average Bonchev–Trinajstić information content (AvgIpc) is 1.98. The van der Waals surface area contributed by atoms with Crippen molar-refractivity contribution < 1.29 is 4.74 Å². The summed E-state index contributed by atoms with van der Waals surface area (Å²) in [6.07, 6.45) is 2.50. The van der Waals surface area contributed by atoms with Crippen LogP contribution in [0.4, 0.5) is 0 Å². The summed E-state index contributed by atoms with van der Waals surface area (Å²) in [6.45, 7) is 11.0. The van der Waals surface area contributed by atoms with Gasteiger partial charge < -0.3 is 10.1 Å². The van der Waals surface area contributed by atoms with Gasteiger partial charge in [0.1, 0.15) is 0 Å². The molecule has 0 fully saturated rings. The van der Waals surface area contributed by atoms with Crippen LogP contribution in [0.5, 0.6) is 0 Å². The molecule has 0 radical (unpaired) electrons. The average molecular weight is 171 g/mol. The van der Waals surface area contributed by atoms with E-state index in [2.05, 4.69) is 32.2 Å². The zero-order chi connectivity index (χ0) is 9.40. The molecule has 0 spiro atoms. The third kappa shape index (κ3) is 7.76. The van der Waals surface area contributed by atoms with Gasteiger partial charge in [0, 0.05) is 19.7 Å². The molecule has 12 heavy (non-hydrogen) atoms. The Balaban J connectivity index is 3.25. The van der Waals surface area contributed by atoms with Crippen LogP contribution in [0.1, 0.15) is 27.7 Å². The number of hydrogen-bond acceptors (Lipinski definition) is 2. The van der Waals surface area contributed by atoms with Crippen LogP contribution in [0.25, 0.3) is 0 Å². The maximum absolute atomic E-state index is 5.37. The van der Waals surface area contributed by atoms with Crippen LogP contribution < -0.4 is 5.32 Å². The van der Waals surface area contributed by atoms with Crippen LogP contribution in [0.15, 0.2) is 11.6 Å². The Labute approximate surface area is 76.0 Å². The Kier molecular flexibility index (Phi) is 7.11. The Hall–Kier alpha value is -0.340. The van der Waals surface area contributed by atoms with E-state index in [9.17, 15) is 0 Å². The molecule has 0 rings (SSSR count). The van der Waals surface area contributed by atoms with Gasteiger partial charge in [0.15, 0.2) is 0 Å². The highest BCUT2D eigenvalue weighted by atomic mass is 16.5. The first-order valence-electron chi connectivity index (χ1n) is 4.62. The lowest BCUT2D eigenvalue weighted by Crippen LogP contribution is -2.26. The van der Waals surface area contributed by atoms with E-state index in [4.69, 9.17) is 4.74 Å². The summed E-state index contributed by atoms with van der Waals surface area (Å²) < 4.78 is 5.37. The summed E-state index contributed by atoms with van der Waals surface area (Å²) in [5.74, 6) is 0. The monoisotopic (exact) mass is 171 g/mol. The highest BCUT2D eigenvalue weighted by Crippen LogP contribution is 1.88. The molecule has 0 heterocycles. The molecule has 1 atom stereocenters. The van der Waals surface area contributed by atoms with Gasteiger partial charge in [-0.3, -0.25) is 0 Å². The first-order chi connectivity index (χ1) is 5.66. The van der Waals surface area contributed by atoms with Crippen LogP contribution in [0.3, 0.4) is 0 Å². The number of hydrogen-bond donors (Lipinski definition) is 1. The molecule has 1 N–H and O–H groups in total. The first-order valence-corrected chi connectivity index (χ1v) is 4.62. The summed E-state index contributed by atoms with van der Waals surface area (Å²) in [5.41, 5.74) is 1.35. The van der Waals surface area contributed by atoms with Crippen molar-refractivity contribution >= 4 is 0 Å². The second kappa shape index (κ2) is 7.32. The highest BCUT2D eigenvalue weighted by Gasteiger charge is 1.97. The molecule has 2 heteroatoms. The minimum atomic E-state index is 0.320. The van der Waals surface area contributed by atoms with Gasteiger partial charge in [-0.25, -0.2) is 0 Å². The van der Waals surface area contributed by atoms with Crippen molar-refractivity contribution in [2.75, 3.05) is 19.7 Å². The van der Waals surface area contributed by atoms with E-state index in [0.717, 1.165) is 19.7 Å². The van der Waals surface area contributed by atoms with Crippen LogP contribution in [-0.2, 0) is 4.74 Å². The summed E-state index contributed by atoms with van der Waals surface area (Å²) in [7, 11) is 0. The third-order valence-electron chi connectivity index (χ3n) is 1.54. The van der Waals surface area contributed by atoms with E-state index in [-0.39, 0.29) is 0 Å². The molecule has 0 bridgehead atoms. The quantitative estimate of drug-likeness (QED) is 0.487. The SMILES string of the molecule is CCOC(C)CNCC=C(C)C. The van der Waals surface area contributed by atoms with Gasteiger partial charge in [-0.1, -0.05) is 11.6 Å². The molecule has 2 nitrogen and oxygen atoms in total. The van der Waals surface area contributed by atoms with Crippen molar-refractivity contribution in [3.8, 4) is 0 Å². The van der Waals surface area contributed by atoms with Crippen molar-refractivity contribution in [3.63, 3.8) is 0 Å².